The Labute approximate surface area is 100 Å². The second kappa shape index (κ2) is 3.74. The molecule has 1 N–H and O–H groups in total. The average Bonchev–Trinajstić information content (AvgIpc) is 2.81. The molecule has 3 rings (SSSR count). The van der Waals surface area contributed by atoms with Gasteiger partial charge in [0.2, 0.25) is 0 Å². The van der Waals surface area contributed by atoms with Crippen molar-refractivity contribution in [2.45, 2.75) is 6.92 Å². The van der Waals surface area contributed by atoms with Crippen molar-refractivity contribution in [1.82, 2.24) is 19.9 Å². The number of aromatic amines is 1. The molecule has 3 heterocycles. The fraction of sp³-hybridized carbons (Fsp3) is 0.0909. The predicted molar refractivity (Wildman–Crippen MR) is 66.0 cm³/mol. The Morgan fingerprint density at radius 2 is 2.24 bits per heavy atom. The van der Waals surface area contributed by atoms with Gasteiger partial charge < -0.3 is 4.98 Å². The Morgan fingerprint density at radius 3 is 3.00 bits per heavy atom. The lowest BCUT2D eigenvalue weighted by Gasteiger charge is -2.00. The summed E-state index contributed by atoms with van der Waals surface area (Å²) in [5.74, 6) is 1.16. The van der Waals surface area contributed by atoms with Gasteiger partial charge in [-0.2, -0.15) is 0 Å². The number of hydrogen-bond acceptors (Lipinski definition) is 5. The molecular weight excluding hydrogens is 236 g/mol. The van der Waals surface area contributed by atoms with E-state index in [1.807, 2.05) is 17.5 Å². The highest BCUT2D eigenvalue weighted by molar-refractivity contribution is 7.13. The van der Waals surface area contributed by atoms with Crippen LogP contribution in [-0.2, 0) is 0 Å². The zero-order chi connectivity index (χ0) is 11.8. The highest BCUT2D eigenvalue weighted by Crippen LogP contribution is 2.20. The summed E-state index contributed by atoms with van der Waals surface area (Å²) < 4.78 is 0. The largest absolute Gasteiger partial charge is 0.305 e. The number of H-pyrrole nitrogens is 1. The van der Waals surface area contributed by atoms with Crippen LogP contribution in [0.5, 0.6) is 0 Å². The van der Waals surface area contributed by atoms with E-state index < -0.39 is 0 Å². The summed E-state index contributed by atoms with van der Waals surface area (Å²) in [7, 11) is 0. The number of thiophene rings is 1. The van der Waals surface area contributed by atoms with Crippen molar-refractivity contribution in [2.75, 3.05) is 0 Å². The van der Waals surface area contributed by atoms with Crippen molar-refractivity contribution in [3.05, 3.63) is 39.9 Å². The van der Waals surface area contributed by atoms with E-state index in [2.05, 4.69) is 19.9 Å². The quantitative estimate of drug-likeness (QED) is 0.708. The summed E-state index contributed by atoms with van der Waals surface area (Å²) in [4.78, 5) is 28.0. The van der Waals surface area contributed by atoms with Crippen molar-refractivity contribution in [1.29, 1.82) is 0 Å². The molecule has 0 spiro atoms. The number of nitrogens with zero attached hydrogens (tertiary/aromatic N) is 3. The van der Waals surface area contributed by atoms with Crippen LogP contribution in [0.15, 0.2) is 28.5 Å². The van der Waals surface area contributed by atoms with E-state index in [0.29, 0.717) is 22.7 Å². The zero-order valence-electron chi connectivity index (χ0n) is 8.97. The van der Waals surface area contributed by atoms with Crippen molar-refractivity contribution in [2.24, 2.45) is 0 Å². The lowest BCUT2D eigenvalue weighted by molar-refractivity contribution is 1.05. The van der Waals surface area contributed by atoms with Gasteiger partial charge >= 0.3 is 0 Å². The second-order valence-electron chi connectivity index (χ2n) is 3.55. The fourth-order valence-electron chi connectivity index (χ4n) is 1.54. The first-order chi connectivity index (χ1) is 8.24. The molecule has 0 aromatic carbocycles. The van der Waals surface area contributed by atoms with Gasteiger partial charge in [-0.25, -0.2) is 15.0 Å². The van der Waals surface area contributed by atoms with Crippen molar-refractivity contribution < 1.29 is 0 Å². The molecule has 3 aromatic heterocycles. The van der Waals surface area contributed by atoms with Crippen LogP contribution in [-0.4, -0.2) is 19.9 Å². The maximum Gasteiger partial charge on any atom is 0.262 e. The Kier molecular flexibility index (Phi) is 2.22. The summed E-state index contributed by atoms with van der Waals surface area (Å²) in [6, 6.07) is 3.82. The van der Waals surface area contributed by atoms with E-state index >= 15 is 0 Å². The van der Waals surface area contributed by atoms with Crippen molar-refractivity contribution in [3.63, 3.8) is 0 Å². The Morgan fingerprint density at radius 1 is 1.35 bits per heavy atom. The van der Waals surface area contributed by atoms with E-state index in [4.69, 9.17) is 0 Å². The summed E-state index contributed by atoms with van der Waals surface area (Å²) in [6.07, 6.45) is 1.50. The molecule has 3 aromatic rings. The lowest BCUT2D eigenvalue weighted by Crippen LogP contribution is -2.11. The number of nitrogens with one attached hydrogen (secondary N) is 1. The van der Waals surface area contributed by atoms with Gasteiger partial charge in [0.25, 0.3) is 5.56 Å². The molecule has 6 heteroatoms. The summed E-state index contributed by atoms with van der Waals surface area (Å²) in [5, 5.41) is 2.35. The molecule has 84 valence electrons. The van der Waals surface area contributed by atoms with Gasteiger partial charge in [-0.1, -0.05) is 6.07 Å². The third-order valence-electron chi connectivity index (χ3n) is 2.34. The molecule has 0 atom stereocenters. The van der Waals surface area contributed by atoms with E-state index in [1.54, 1.807) is 6.92 Å². The molecule has 0 saturated heterocycles. The van der Waals surface area contributed by atoms with Crippen molar-refractivity contribution in [3.8, 4) is 10.7 Å². The van der Waals surface area contributed by atoms with E-state index in [9.17, 15) is 4.79 Å². The van der Waals surface area contributed by atoms with E-state index in [-0.39, 0.29) is 5.56 Å². The van der Waals surface area contributed by atoms with Gasteiger partial charge in [0.1, 0.15) is 11.2 Å². The Balaban J connectivity index is 2.33. The number of rotatable bonds is 1. The third kappa shape index (κ3) is 1.72. The summed E-state index contributed by atoms with van der Waals surface area (Å²) >= 11 is 1.52. The number of aromatic nitrogens is 4. The van der Waals surface area contributed by atoms with Gasteiger partial charge in [-0.15, -0.1) is 11.3 Å². The molecular formula is C11H8N4OS. The molecule has 0 aliphatic heterocycles. The minimum Gasteiger partial charge on any atom is -0.305 e. The van der Waals surface area contributed by atoms with Crippen LogP contribution in [0.2, 0.25) is 0 Å². The number of hydrogen-bond donors (Lipinski definition) is 1. The van der Waals surface area contributed by atoms with Crippen LogP contribution in [0.3, 0.4) is 0 Å². The summed E-state index contributed by atoms with van der Waals surface area (Å²) in [5.41, 5.74) is 0.225. The molecule has 0 bridgehead atoms. The molecule has 17 heavy (non-hydrogen) atoms. The first kappa shape index (κ1) is 10.1. The molecule has 0 unspecified atom stereocenters. The van der Waals surface area contributed by atoms with Crippen LogP contribution >= 0.6 is 11.3 Å². The van der Waals surface area contributed by atoms with E-state index in [1.165, 1.54) is 17.5 Å². The molecule has 0 fully saturated rings. The highest BCUT2D eigenvalue weighted by Gasteiger charge is 2.07. The Bertz CT molecular complexity index is 733. The molecule has 0 aliphatic carbocycles. The fourth-order valence-corrected chi connectivity index (χ4v) is 2.21. The van der Waals surface area contributed by atoms with Gasteiger partial charge in [0.15, 0.2) is 11.5 Å². The van der Waals surface area contributed by atoms with Gasteiger partial charge in [0.05, 0.1) is 4.88 Å². The number of fused-ring (bicyclic) bond motifs is 1. The molecule has 0 aliphatic rings. The van der Waals surface area contributed by atoms with Crippen LogP contribution in [0.4, 0.5) is 0 Å². The smallest absolute Gasteiger partial charge is 0.262 e. The topological polar surface area (TPSA) is 71.5 Å². The van der Waals surface area contributed by atoms with Crippen LogP contribution in [0.25, 0.3) is 21.7 Å². The first-order valence-corrected chi connectivity index (χ1v) is 5.89. The van der Waals surface area contributed by atoms with Gasteiger partial charge in [0, 0.05) is 6.20 Å². The standard InChI is InChI=1S/C11H8N4OS/c1-6-12-5-7-9(13-6)14-10(15-11(7)16)8-3-2-4-17-8/h2-5H,1H3,(H,12,13,14,15,16). The third-order valence-corrected chi connectivity index (χ3v) is 3.21. The minimum atomic E-state index is -0.210. The average molecular weight is 244 g/mol. The molecule has 0 amide bonds. The first-order valence-electron chi connectivity index (χ1n) is 5.01. The Hall–Kier alpha value is -2.08. The monoisotopic (exact) mass is 244 g/mol. The molecule has 0 saturated carbocycles. The van der Waals surface area contributed by atoms with Crippen LogP contribution in [0.1, 0.15) is 5.82 Å². The SMILES string of the molecule is Cc1ncc2c(=O)[nH]c(-c3cccs3)nc2n1. The number of aryl methyl sites for hydroxylation is 1. The van der Waals surface area contributed by atoms with Crippen LogP contribution in [0, 0.1) is 6.92 Å². The lowest BCUT2D eigenvalue weighted by atomic mass is 10.3. The minimum absolute atomic E-state index is 0.210. The predicted octanol–water partition coefficient (Wildman–Crippen LogP) is 1.75. The normalized spacial score (nSPS) is 10.9. The maximum absolute atomic E-state index is 11.8. The maximum atomic E-state index is 11.8. The highest BCUT2D eigenvalue weighted by atomic mass is 32.1. The van der Waals surface area contributed by atoms with Crippen molar-refractivity contribution >= 4 is 22.4 Å². The van der Waals surface area contributed by atoms with Gasteiger partial charge in [-0.05, 0) is 18.4 Å². The van der Waals surface area contributed by atoms with Gasteiger partial charge in [-0.3, -0.25) is 4.79 Å². The zero-order valence-corrected chi connectivity index (χ0v) is 9.78. The second-order valence-corrected chi connectivity index (χ2v) is 4.49. The summed E-state index contributed by atoms with van der Waals surface area (Å²) in [6.45, 7) is 1.77. The van der Waals surface area contributed by atoms with Crippen LogP contribution < -0.4 is 5.56 Å². The molecule has 5 nitrogen and oxygen atoms in total. The van der Waals surface area contributed by atoms with E-state index in [0.717, 1.165) is 4.88 Å². The molecule has 0 radical (unpaired) electrons.